The van der Waals surface area contributed by atoms with Crippen LogP contribution in [0.3, 0.4) is 0 Å². The summed E-state index contributed by atoms with van der Waals surface area (Å²) in [6.07, 6.45) is 6.59. The number of aliphatic hydroxyl groups excluding tert-OH is 2. The van der Waals surface area contributed by atoms with Crippen molar-refractivity contribution in [3.63, 3.8) is 0 Å². The minimum Gasteiger partial charge on any atom is -0.872 e. The van der Waals surface area contributed by atoms with Crippen LogP contribution in [0.5, 0.6) is 34.5 Å². The first kappa shape index (κ1) is 64.2. The van der Waals surface area contributed by atoms with Gasteiger partial charge in [0, 0.05) is 38.0 Å². The van der Waals surface area contributed by atoms with Crippen molar-refractivity contribution >= 4 is 34.0 Å². The van der Waals surface area contributed by atoms with Crippen LogP contribution < -0.4 is 29.9 Å². The van der Waals surface area contributed by atoms with Gasteiger partial charge in [-0.3, -0.25) is 15.0 Å². The molecule has 7 rings (SSSR count). The smallest absolute Gasteiger partial charge is 0.872 e. The molecule has 0 aliphatic carbocycles. The molecule has 0 fully saturated rings. The summed E-state index contributed by atoms with van der Waals surface area (Å²) >= 11 is 0. The van der Waals surface area contributed by atoms with Gasteiger partial charge < -0.3 is 70.8 Å². The van der Waals surface area contributed by atoms with Crippen molar-refractivity contribution in [2.45, 2.75) is 26.9 Å². The molecule has 0 aliphatic rings. The van der Waals surface area contributed by atoms with Gasteiger partial charge in [0.15, 0.2) is 0 Å². The SMILES string of the molecule is CCO.CCO.COc1cccc(CN=Cc2c([O-])ccc3ccccc23)c1[O-].COc1cccc(CN=Cc2c([O-])ccc3ccccc23)c1[O-].O=[N+]([O-])[O-].O=[N+]([O-])[O-].[Gd+3].[Gd+3].c1ccncc1. The number of ether oxygens (including phenoxy) is 2. The second-order valence-electron chi connectivity index (χ2n) is 12.3. The maximum Gasteiger partial charge on any atom is 3.00 e. The molecule has 2 N–H and O–H groups in total. The number of para-hydroxylation sites is 2. The molecule has 1 heterocycles. The van der Waals surface area contributed by atoms with E-state index in [1.165, 1.54) is 26.4 Å². The van der Waals surface area contributed by atoms with Gasteiger partial charge in [-0.15, -0.1) is 0 Å². The Hall–Kier alpha value is -5.90. The number of rotatable bonds is 8. The van der Waals surface area contributed by atoms with E-state index in [0.717, 1.165) is 21.5 Å². The number of aliphatic imine (C=N–C) groups is 2. The quantitative estimate of drug-likeness (QED) is 0.103. The molecule has 6 aromatic carbocycles. The number of aliphatic hydroxyl groups is 2. The third-order valence-corrected chi connectivity index (χ3v) is 7.95. The number of hydrogen-bond acceptors (Lipinski definition) is 17. The maximum atomic E-state index is 12.1. The van der Waals surface area contributed by atoms with Gasteiger partial charge in [0.1, 0.15) is 11.5 Å². The average Bonchev–Trinajstić information content (AvgIpc) is 3.30. The van der Waals surface area contributed by atoms with Crippen molar-refractivity contribution in [3.8, 4) is 34.5 Å². The van der Waals surface area contributed by atoms with E-state index in [-0.39, 0.29) is 129 Å². The second kappa shape index (κ2) is 38.1. The number of nitrogens with zero attached hydrogens (tertiary/aromatic N) is 5. The second-order valence-corrected chi connectivity index (χ2v) is 12.3. The van der Waals surface area contributed by atoms with Crippen LogP contribution in [0.1, 0.15) is 36.1 Å². The fourth-order valence-corrected chi connectivity index (χ4v) is 5.29. The monoisotopic (exact) mass is 1220 g/mol. The number of hydrogen-bond donors (Lipinski definition) is 2. The van der Waals surface area contributed by atoms with E-state index in [2.05, 4.69) is 15.0 Å². The fourth-order valence-electron chi connectivity index (χ4n) is 5.29. The zero-order valence-electron chi connectivity index (χ0n) is 37.0. The third-order valence-electron chi connectivity index (χ3n) is 7.95. The number of fused-ring (bicyclic) bond motifs is 2. The van der Waals surface area contributed by atoms with Gasteiger partial charge in [0.05, 0.1) is 37.5 Å². The molecular weight excluding hydrogens is 1170 g/mol. The summed E-state index contributed by atoms with van der Waals surface area (Å²) in [5, 5.41) is 96.6. The minimum atomic E-state index is -1.75. The maximum absolute atomic E-state index is 12.1. The van der Waals surface area contributed by atoms with E-state index in [1.807, 2.05) is 66.7 Å². The first-order valence-corrected chi connectivity index (χ1v) is 19.4. The van der Waals surface area contributed by atoms with Crippen molar-refractivity contribution in [1.82, 2.24) is 4.98 Å². The molecule has 7 aromatic rings. The number of benzene rings is 6. The summed E-state index contributed by atoms with van der Waals surface area (Å²) in [5.74, 6) is 0.0838. The van der Waals surface area contributed by atoms with E-state index >= 15 is 0 Å². The van der Waals surface area contributed by atoms with Gasteiger partial charge in [-0.25, -0.2) is 0 Å². The van der Waals surface area contributed by atoms with Gasteiger partial charge in [-0.2, -0.15) is 0 Å². The molecule has 0 spiro atoms. The van der Waals surface area contributed by atoms with Gasteiger partial charge >= 0.3 is 79.9 Å². The Kier molecular flexibility index (Phi) is 36.0. The Morgan fingerprint density at radius 2 is 0.868 bits per heavy atom. The van der Waals surface area contributed by atoms with E-state index < -0.39 is 10.2 Å². The van der Waals surface area contributed by atoms with Gasteiger partial charge in [-0.05, 0) is 81.9 Å². The average molecular weight is 1220 g/mol. The fraction of sp³-hybridized carbons (Fsp3) is 0.170. The third kappa shape index (κ3) is 24.7. The van der Waals surface area contributed by atoms with Gasteiger partial charge in [0.2, 0.25) is 0 Å². The first-order valence-electron chi connectivity index (χ1n) is 19.4. The Bertz CT molecular complexity index is 2380. The molecular formula is C47H47Gd2N5O14. The van der Waals surface area contributed by atoms with E-state index in [4.69, 9.17) is 50.3 Å². The zero-order valence-corrected chi connectivity index (χ0v) is 41.5. The normalized spacial score (nSPS) is 9.50. The molecule has 19 nitrogen and oxygen atoms in total. The summed E-state index contributed by atoms with van der Waals surface area (Å²) in [7, 11) is 2.92. The minimum absolute atomic E-state index is 0. The van der Waals surface area contributed by atoms with E-state index in [9.17, 15) is 20.4 Å². The van der Waals surface area contributed by atoms with Crippen LogP contribution in [-0.4, -0.2) is 65.2 Å². The summed E-state index contributed by atoms with van der Waals surface area (Å²) in [6.45, 7) is 4.28. The molecule has 2 radical (unpaired) electrons. The van der Waals surface area contributed by atoms with Gasteiger partial charge in [-0.1, -0.05) is 126 Å². The Labute approximate surface area is 456 Å². The largest absolute Gasteiger partial charge is 3.00 e. The number of methoxy groups -OCH3 is 2. The standard InChI is InChI=1S/2C19H17NO3.C5H5N.2C2H6O.2Gd.2NO3/c2*1-23-18-8-4-6-14(19(18)22)11-20-12-16-15-7-3-2-5-13(15)9-10-17(16)21;1-2-4-6-5-3-1;2*1-2-3;;;2*2-1(3)4/h2*2-10,12,21-22H,11H2,1H3;1-5H;2*3H,2H2,1H3;;;;/q;;;;;2*+3;2*-1/p-4. The van der Waals surface area contributed by atoms with Gasteiger partial charge in [0.25, 0.3) is 0 Å². The van der Waals surface area contributed by atoms with Crippen LogP contribution in [0.2, 0.25) is 0 Å². The predicted molar refractivity (Wildman–Crippen MR) is 245 cm³/mol. The van der Waals surface area contributed by atoms with Crippen molar-refractivity contribution < 1.29 is 130 Å². The molecule has 0 bridgehead atoms. The van der Waals surface area contributed by atoms with Crippen molar-refractivity contribution in [1.29, 1.82) is 0 Å². The zero-order chi connectivity index (χ0) is 49.3. The molecule has 21 heteroatoms. The summed E-state index contributed by atoms with van der Waals surface area (Å²) in [6, 6.07) is 37.9. The van der Waals surface area contributed by atoms with Crippen LogP contribution in [0.15, 0.2) is 150 Å². The number of pyridine rings is 1. The first-order chi connectivity index (χ1) is 31.7. The molecule has 0 atom stereocenters. The van der Waals surface area contributed by atoms with Crippen molar-refractivity contribution in [2.24, 2.45) is 9.98 Å². The van der Waals surface area contributed by atoms with E-state index in [1.54, 1.807) is 87.2 Å². The van der Waals surface area contributed by atoms with Crippen LogP contribution in [0.25, 0.3) is 21.5 Å². The molecule has 0 aliphatic heterocycles. The summed E-state index contributed by atoms with van der Waals surface area (Å²) < 4.78 is 10.0. The van der Waals surface area contributed by atoms with Crippen LogP contribution in [0.4, 0.5) is 0 Å². The Morgan fingerprint density at radius 1 is 0.529 bits per heavy atom. The van der Waals surface area contributed by atoms with Crippen molar-refractivity contribution in [3.05, 3.63) is 193 Å². The molecule has 0 saturated heterocycles. The van der Waals surface area contributed by atoms with Crippen molar-refractivity contribution in [2.75, 3.05) is 27.4 Å². The molecule has 0 unspecified atom stereocenters. The topological polar surface area (TPSA) is 321 Å². The Morgan fingerprint density at radius 3 is 1.16 bits per heavy atom. The summed E-state index contributed by atoms with van der Waals surface area (Å²) in [5.41, 5.74) is 2.15. The summed E-state index contributed by atoms with van der Waals surface area (Å²) in [4.78, 5) is 28.8. The van der Waals surface area contributed by atoms with Crippen LogP contribution >= 0.6 is 0 Å². The molecule has 0 amide bonds. The Balaban J connectivity index is 0. The molecule has 68 heavy (non-hydrogen) atoms. The number of aromatic nitrogens is 1. The van der Waals surface area contributed by atoms with Crippen LogP contribution in [-0.2, 0) is 13.1 Å². The molecule has 0 saturated carbocycles. The predicted octanol–water partition coefficient (Wildman–Crippen LogP) is 5.83. The molecule has 360 valence electrons. The van der Waals surface area contributed by atoms with E-state index in [0.29, 0.717) is 33.8 Å². The molecule has 1 aromatic heterocycles. The van der Waals surface area contributed by atoms with Crippen LogP contribution in [0, 0.1) is 111 Å².